The van der Waals surface area contributed by atoms with Crippen molar-refractivity contribution in [3.05, 3.63) is 93.8 Å². The van der Waals surface area contributed by atoms with Crippen molar-refractivity contribution < 1.29 is 18.6 Å². The predicted octanol–water partition coefficient (Wildman–Crippen LogP) is 6.50. The molecule has 5 aromatic rings. The molecule has 0 fully saturated rings. The summed E-state index contributed by atoms with van der Waals surface area (Å²) in [5, 5.41) is 12.9. The first-order valence-corrected chi connectivity index (χ1v) is 14.6. The molecular weight excluding hydrogens is 631 g/mol. The Morgan fingerprint density at radius 2 is 1.46 bits per heavy atom. The summed E-state index contributed by atoms with van der Waals surface area (Å²) in [4.78, 5) is 40.3. The van der Waals surface area contributed by atoms with Gasteiger partial charge >= 0.3 is 0 Å². The van der Waals surface area contributed by atoms with E-state index in [9.17, 15) is 14.4 Å². The molecule has 0 unspecified atom stereocenters. The van der Waals surface area contributed by atoms with Crippen LogP contribution in [0.3, 0.4) is 0 Å². The van der Waals surface area contributed by atoms with Crippen molar-refractivity contribution in [2.45, 2.75) is 40.5 Å². The average molecular weight is 664 g/mol. The highest BCUT2D eigenvalue weighted by molar-refractivity contribution is 6.29. The van der Waals surface area contributed by atoms with Crippen LogP contribution in [0.15, 0.2) is 74.5 Å². The van der Waals surface area contributed by atoms with Crippen LogP contribution >= 0.6 is 23.2 Å². The Hall–Kier alpha value is -5.36. The third kappa shape index (κ3) is 10.1. The van der Waals surface area contributed by atoms with Gasteiger partial charge in [-0.05, 0) is 58.9 Å². The SMILES string of the molecule is C#CC.CC#CC.Cc1noc(NC(=O)CCl)c1C(=O)Nc1ccccc1.Cc1noc2nc(CCl)n(-c3ccccc3)c(=O)c12. The molecule has 0 aliphatic rings. The molecular formula is C33H32Cl2N6O5. The van der Waals surface area contributed by atoms with E-state index in [1.807, 2.05) is 50.2 Å². The summed E-state index contributed by atoms with van der Waals surface area (Å²) < 4.78 is 11.4. The van der Waals surface area contributed by atoms with E-state index in [1.165, 1.54) is 4.57 Å². The first kappa shape index (κ1) is 36.8. The fourth-order valence-electron chi connectivity index (χ4n) is 3.61. The summed E-state index contributed by atoms with van der Waals surface area (Å²) in [6, 6.07) is 18.2. The summed E-state index contributed by atoms with van der Waals surface area (Å²) in [5.74, 6) is 7.01. The second-order valence-corrected chi connectivity index (χ2v) is 9.38. The first-order valence-electron chi connectivity index (χ1n) is 13.6. The van der Waals surface area contributed by atoms with E-state index >= 15 is 0 Å². The molecule has 0 bridgehead atoms. The van der Waals surface area contributed by atoms with Crippen LogP contribution in [-0.4, -0.2) is 37.6 Å². The summed E-state index contributed by atoms with van der Waals surface area (Å²) in [6.45, 7) is 8.62. The van der Waals surface area contributed by atoms with Crippen molar-refractivity contribution in [1.29, 1.82) is 0 Å². The van der Waals surface area contributed by atoms with Gasteiger partial charge in [0, 0.05) is 5.69 Å². The first-order chi connectivity index (χ1) is 22.2. The molecule has 0 saturated heterocycles. The quantitative estimate of drug-likeness (QED) is 0.155. The third-order valence-corrected chi connectivity index (χ3v) is 6.11. The number of carbonyl (C=O) groups excluding carboxylic acids is 2. The third-order valence-electron chi connectivity index (χ3n) is 5.63. The molecule has 0 aliphatic carbocycles. The number of fused-ring (bicyclic) bond motifs is 1. The number of hydrogen-bond donors (Lipinski definition) is 2. The zero-order valence-corrected chi connectivity index (χ0v) is 27.4. The lowest BCUT2D eigenvalue weighted by Crippen LogP contribution is -2.23. The average Bonchev–Trinajstić information content (AvgIpc) is 3.63. The molecule has 3 aromatic heterocycles. The van der Waals surface area contributed by atoms with Crippen molar-refractivity contribution in [2.24, 2.45) is 0 Å². The molecule has 0 atom stereocenters. The van der Waals surface area contributed by atoms with Crippen molar-refractivity contribution in [3.63, 3.8) is 0 Å². The molecule has 238 valence electrons. The van der Waals surface area contributed by atoms with Crippen LogP contribution in [0.1, 0.15) is 48.3 Å². The number of halogens is 2. The van der Waals surface area contributed by atoms with Gasteiger partial charge in [-0.1, -0.05) is 46.7 Å². The molecule has 2 amide bonds. The number of benzene rings is 2. The Morgan fingerprint density at radius 3 is 2.00 bits per heavy atom. The van der Waals surface area contributed by atoms with Gasteiger partial charge in [0.15, 0.2) is 0 Å². The molecule has 0 radical (unpaired) electrons. The van der Waals surface area contributed by atoms with E-state index in [-0.39, 0.29) is 34.5 Å². The van der Waals surface area contributed by atoms with Gasteiger partial charge in [-0.2, -0.15) is 4.98 Å². The monoisotopic (exact) mass is 662 g/mol. The number of nitrogens with zero attached hydrogens (tertiary/aromatic N) is 4. The number of rotatable bonds is 6. The topological polar surface area (TPSA) is 145 Å². The fraction of sp³-hybridized carbons (Fsp3) is 0.212. The molecule has 0 spiro atoms. The van der Waals surface area contributed by atoms with Gasteiger partial charge in [-0.25, -0.2) is 0 Å². The highest BCUT2D eigenvalue weighted by Gasteiger charge is 2.22. The lowest BCUT2D eigenvalue weighted by atomic mass is 10.2. The molecule has 13 heteroatoms. The minimum absolute atomic E-state index is 0.0124. The Kier molecular flexibility index (Phi) is 15.3. The number of amides is 2. The van der Waals surface area contributed by atoms with Gasteiger partial charge < -0.3 is 14.4 Å². The molecule has 0 aliphatic heterocycles. The lowest BCUT2D eigenvalue weighted by Gasteiger charge is -2.09. The van der Waals surface area contributed by atoms with Crippen molar-refractivity contribution in [2.75, 3.05) is 16.5 Å². The number of carbonyl (C=O) groups is 2. The van der Waals surface area contributed by atoms with Crippen molar-refractivity contribution in [3.8, 4) is 29.9 Å². The Bertz CT molecular complexity index is 1890. The molecule has 2 aromatic carbocycles. The number of aromatic nitrogens is 4. The van der Waals surface area contributed by atoms with Gasteiger partial charge in [0.05, 0.1) is 23.0 Å². The molecule has 0 saturated carbocycles. The van der Waals surface area contributed by atoms with Crippen LogP contribution in [0.5, 0.6) is 0 Å². The Balaban J connectivity index is 0.000000267. The normalized spacial score (nSPS) is 9.43. The summed E-state index contributed by atoms with van der Waals surface area (Å²) in [7, 11) is 0. The molecule has 2 N–H and O–H groups in total. The number of aryl methyl sites for hydroxylation is 2. The van der Waals surface area contributed by atoms with Crippen LogP contribution in [0, 0.1) is 38.0 Å². The zero-order chi connectivity index (χ0) is 34.1. The summed E-state index contributed by atoms with van der Waals surface area (Å²) in [5.41, 5.74) is 2.44. The highest BCUT2D eigenvalue weighted by Crippen LogP contribution is 2.21. The van der Waals surface area contributed by atoms with E-state index in [0.717, 1.165) is 5.69 Å². The van der Waals surface area contributed by atoms with Crippen LogP contribution < -0.4 is 16.2 Å². The number of terminal acetylenes is 1. The van der Waals surface area contributed by atoms with Crippen LogP contribution in [0.2, 0.25) is 0 Å². The van der Waals surface area contributed by atoms with Gasteiger partial charge in [-0.15, -0.1) is 47.4 Å². The van der Waals surface area contributed by atoms with Crippen molar-refractivity contribution >= 4 is 57.7 Å². The number of anilines is 2. The van der Waals surface area contributed by atoms with Gasteiger partial charge in [0.2, 0.25) is 11.8 Å². The highest BCUT2D eigenvalue weighted by atomic mass is 35.5. The predicted molar refractivity (Wildman–Crippen MR) is 180 cm³/mol. The fourth-order valence-corrected chi connectivity index (χ4v) is 3.85. The Labute approximate surface area is 276 Å². The Morgan fingerprint density at radius 1 is 0.891 bits per heavy atom. The minimum Gasteiger partial charge on any atom is -0.337 e. The number of hydrogen-bond acceptors (Lipinski definition) is 8. The standard InChI is InChI=1S/C13H12ClN3O3.C13H10ClN3O2.C4H6.C3H4/c1-8-11(13(20-17-8)16-10(18)7-14)12(19)15-9-5-3-2-4-6-9;1-8-11-12(19-16-8)15-10(7-14)17(13(11)18)9-5-3-2-4-6-9;1-3-4-2;1-3-2/h2-6H,7H2,1H3,(H,15,19)(H,16,18);2-6H,7H2,1H3;1-2H3;1H,2H3. The molecule has 46 heavy (non-hydrogen) atoms. The number of nitrogens with one attached hydrogen (secondary N) is 2. The molecule has 11 nitrogen and oxygen atoms in total. The molecule has 3 heterocycles. The zero-order valence-electron chi connectivity index (χ0n) is 25.9. The van der Waals surface area contributed by atoms with Gasteiger partial charge in [0.1, 0.15) is 22.7 Å². The maximum Gasteiger partial charge on any atom is 0.271 e. The maximum atomic E-state index is 12.6. The van der Waals surface area contributed by atoms with E-state index in [0.29, 0.717) is 28.3 Å². The second kappa shape index (κ2) is 19.1. The number of alkyl halides is 2. The smallest absolute Gasteiger partial charge is 0.271 e. The van der Waals surface area contributed by atoms with E-state index in [2.05, 4.69) is 50.1 Å². The van der Waals surface area contributed by atoms with E-state index in [1.54, 1.807) is 45.0 Å². The summed E-state index contributed by atoms with van der Waals surface area (Å²) >= 11 is 11.3. The largest absolute Gasteiger partial charge is 0.337 e. The number of para-hydroxylation sites is 2. The summed E-state index contributed by atoms with van der Waals surface area (Å²) in [6.07, 6.45) is 4.60. The van der Waals surface area contributed by atoms with Crippen LogP contribution in [0.4, 0.5) is 11.6 Å². The van der Waals surface area contributed by atoms with Crippen LogP contribution in [-0.2, 0) is 10.7 Å². The van der Waals surface area contributed by atoms with E-state index in [4.69, 9.17) is 32.2 Å². The molecule has 5 rings (SSSR count). The maximum absolute atomic E-state index is 12.6. The van der Waals surface area contributed by atoms with E-state index < -0.39 is 11.8 Å². The van der Waals surface area contributed by atoms with Crippen LogP contribution in [0.25, 0.3) is 16.8 Å². The van der Waals surface area contributed by atoms with Gasteiger partial charge in [-0.3, -0.25) is 24.3 Å². The van der Waals surface area contributed by atoms with Gasteiger partial charge in [0.25, 0.3) is 17.2 Å². The van der Waals surface area contributed by atoms with Crippen molar-refractivity contribution in [1.82, 2.24) is 19.9 Å². The minimum atomic E-state index is -0.475. The lowest BCUT2D eigenvalue weighted by molar-refractivity contribution is -0.114. The second-order valence-electron chi connectivity index (χ2n) is 8.85.